The summed E-state index contributed by atoms with van der Waals surface area (Å²) in [5.74, 6) is -0.0585. The van der Waals surface area contributed by atoms with E-state index < -0.39 is 0 Å². The Morgan fingerprint density at radius 2 is 1.50 bits per heavy atom. The van der Waals surface area contributed by atoms with Crippen LogP contribution in [0.5, 0.6) is 0 Å². The topological polar surface area (TPSA) is 29.5 Å². The molecule has 0 rings (SSSR count). The van der Waals surface area contributed by atoms with E-state index in [0.29, 0.717) is 6.61 Å². The van der Waals surface area contributed by atoms with E-state index in [-0.39, 0.29) is 16.8 Å². The van der Waals surface area contributed by atoms with Crippen molar-refractivity contribution in [1.82, 2.24) is 4.90 Å². The van der Waals surface area contributed by atoms with Crippen LogP contribution in [-0.4, -0.2) is 38.1 Å². The zero-order chi connectivity index (χ0) is 16.4. The largest absolute Gasteiger partial charge is 0.464 e. The SMILES string of the molecule is CCC.CCC(C)(CC(C)(C)C)C(=O)OCCN(C)C. The molecule has 0 amide bonds. The van der Waals surface area contributed by atoms with Crippen molar-refractivity contribution in [3.05, 3.63) is 0 Å². The van der Waals surface area contributed by atoms with Gasteiger partial charge in [-0.3, -0.25) is 4.79 Å². The number of rotatable bonds is 6. The summed E-state index contributed by atoms with van der Waals surface area (Å²) in [4.78, 5) is 14.1. The fourth-order valence-corrected chi connectivity index (χ4v) is 2.01. The standard InChI is InChI=1S/C14H29NO2.C3H8/c1-8-14(5,11-13(2,3)4)12(16)17-10-9-15(6)7;1-3-2/h8-11H2,1-7H3;3H2,1-2H3. The third kappa shape index (κ3) is 11.3. The molecule has 0 spiro atoms. The quantitative estimate of drug-likeness (QED) is 0.680. The second-order valence-electron chi connectivity index (χ2n) is 7.30. The molecule has 0 saturated heterocycles. The molecule has 3 nitrogen and oxygen atoms in total. The van der Waals surface area contributed by atoms with E-state index in [0.717, 1.165) is 19.4 Å². The van der Waals surface area contributed by atoms with Crippen molar-refractivity contribution in [2.75, 3.05) is 27.2 Å². The number of carbonyl (C=O) groups excluding carboxylic acids is 1. The normalized spacial score (nSPS) is 14.3. The Bertz CT molecular complexity index is 256. The van der Waals surface area contributed by atoms with E-state index in [1.165, 1.54) is 6.42 Å². The van der Waals surface area contributed by atoms with Gasteiger partial charge in [0.2, 0.25) is 0 Å². The van der Waals surface area contributed by atoms with Crippen molar-refractivity contribution in [1.29, 1.82) is 0 Å². The molecule has 122 valence electrons. The maximum atomic E-state index is 12.1. The molecule has 0 heterocycles. The maximum Gasteiger partial charge on any atom is 0.311 e. The molecule has 0 fully saturated rings. The number of hydrogen-bond acceptors (Lipinski definition) is 3. The minimum Gasteiger partial charge on any atom is -0.464 e. The van der Waals surface area contributed by atoms with E-state index in [1.54, 1.807) is 0 Å². The van der Waals surface area contributed by atoms with Crippen LogP contribution in [0, 0.1) is 10.8 Å². The molecule has 0 aliphatic rings. The minimum absolute atomic E-state index is 0.0585. The molecule has 0 aromatic carbocycles. The Morgan fingerprint density at radius 1 is 1.05 bits per heavy atom. The van der Waals surface area contributed by atoms with Gasteiger partial charge in [0.1, 0.15) is 6.61 Å². The van der Waals surface area contributed by atoms with Crippen LogP contribution in [-0.2, 0) is 9.53 Å². The Kier molecular flexibility index (Phi) is 11.1. The second-order valence-corrected chi connectivity index (χ2v) is 7.30. The third-order valence-corrected chi connectivity index (χ3v) is 2.97. The van der Waals surface area contributed by atoms with Gasteiger partial charge in [-0.2, -0.15) is 0 Å². The van der Waals surface area contributed by atoms with Crippen molar-refractivity contribution >= 4 is 5.97 Å². The number of likely N-dealkylation sites (N-methyl/N-ethyl adjacent to an activating group) is 1. The average molecular weight is 287 g/mol. The highest BCUT2D eigenvalue weighted by Gasteiger charge is 2.36. The molecule has 0 aromatic rings. The highest BCUT2D eigenvalue weighted by molar-refractivity contribution is 5.76. The van der Waals surface area contributed by atoms with Crippen LogP contribution in [0.2, 0.25) is 0 Å². The summed E-state index contributed by atoms with van der Waals surface area (Å²) in [5.41, 5.74) is -0.212. The summed E-state index contributed by atoms with van der Waals surface area (Å²) < 4.78 is 5.37. The summed E-state index contributed by atoms with van der Waals surface area (Å²) in [5, 5.41) is 0. The monoisotopic (exact) mass is 287 g/mol. The van der Waals surface area contributed by atoms with Gasteiger partial charge < -0.3 is 9.64 Å². The summed E-state index contributed by atoms with van der Waals surface area (Å²) in [6.07, 6.45) is 2.93. The molecule has 0 bridgehead atoms. The summed E-state index contributed by atoms with van der Waals surface area (Å²) in [7, 11) is 3.95. The van der Waals surface area contributed by atoms with Crippen molar-refractivity contribution in [2.45, 2.75) is 67.7 Å². The fraction of sp³-hybridized carbons (Fsp3) is 0.941. The van der Waals surface area contributed by atoms with Gasteiger partial charge in [0.05, 0.1) is 5.41 Å². The first kappa shape index (κ1) is 21.7. The van der Waals surface area contributed by atoms with Crippen LogP contribution in [0.25, 0.3) is 0 Å². The Balaban J connectivity index is 0. The zero-order valence-electron chi connectivity index (χ0n) is 15.3. The summed E-state index contributed by atoms with van der Waals surface area (Å²) in [6.45, 7) is 16.1. The fourth-order valence-electron chi connectivity index (χ4n) is 2.01. The van der Waals surface area contributed by atoms with Crippen LogP contribution >= 0.6 is 0 Å². The molecular formula is C17H37NO2. The minimum atomic E-state index is -0.357. The van der Waals surface area contributed by atoms with Gasteiger partial charge in [0.15, 0.2) is 0 Å². The van der Waals surface area contributed by atoms with Gasteiger partial charge >= 0.3 is 5.97 Å². The molecule has 0 aliphatic carbocycles. The maximum absolute atomic E-state index is 12.1. The van der Waals surface area contributed by atoms with Crippen molar-refractivity contribution in [3.63, 3.8) is 0 Å². The number of ether oxygens (including phenoxy) is 1. The molecule has 1 unspecified atom stereocenters. The average Bonchev–Trinajstić information content (AvgIpc) is 2.27. The van der Waals surface area contributed by atoms with Crippen LogP contribution in [0.1, 0.15) is 67.7 Å². The summed E-state index contributed by atoms with van der Waals surface area (Å²) >= 11 is 0. The lowest BCUT2D eigenvalue weighted by molar-refractivity contribution is -0.157. The van der Waals surface area contributed by atoms with Crippen molar-refractivity contribution < 1.29 is 9.53 Å². The van der Waals surface area contributed by atoms with Gasteiger partial charge in [-0.15, -0.1) is 0 Å². The van der Waals surface area contributed by atoms with E-state index in [1.807, 2.05) is 25.9 Å². The first-order valence-corrected chi connectivity index (χ1v) is 7.84. The van der Waals surface area contributed by atoms with Gasteiger partial charge in [-0.25, -0.2) is 0 Å². The van der Waals surface area contributed by atoms with Gasteiger partial charge in [0.25, 0.3) is 0 Å². The van der Waals surface area contributed by atoms with Gasteiger partial charge in [0, 0.05) is 6.54 Å². The van der Waals surface area contributed by atoms with Crippen LogP contribution < -0.4 is 0 Å². The molecule has 0 saturated carbocycles. The number of esters is 1. The zero-order valence-corrected chi connectivity index (χ0v) is 15.3. The summed E-state index contributed by atoms with van der Waals surface area (Å²) in [6, 6.07) is 0. The van der Waals surface area contributed by atoms with Crippen LogP contribution in [0.4, 0.5) is 0 Å². The predicted octanol–water partition coefficient (Wildman–Crippen LogP) is 4.36. The highest BCUT2D eigenvalue weighted by Crippen LogP contribution is 2.37. The molecule has 0 aliphatic heterocycles. The van der Waals surface area contributed by atoms with E-state index >= 15 is 0 Å². The van der Waals surface area contributed by atoms with Crippen molar-refractivity contribution in [2.24, 2.45) is 10.8 Å². The van der Waals surface area contributed by atoms with Crippen molar-refractivity contribution in [3.8, 4) is 0 Å². The second kappa shape index (κ2) is 10.2. The first-order chi connectivity index (χ1) is 9.02. The van der Waals surface area contributed by atoms with Gasteiger partial charge in [-0.05, 0) is 39.3 Å². The van der Waals surface area contributed by atoms with E-state index in [2.05, 4.69) is 41.5 Å². The van der Waals surface area contributed by atoms with E-state index in [4.69, 9.17) is 4.74 Å². The molecule has 3 heteroatoms. The Morgan fingerprint density at radius 3 is 1.80 bits per heavy atom. The number of hydrogen-bond donors (Lipinski definition) is 0. The molecular weight excluding hydrogens is 250 g/mol. The number of carbonyl (C=O) groups is 1. The molecule has 0 aromatic heterocycles. The molecule has 1 atom stereocenters. The van der Waals surface area contributed by atoms with Crippen LogP contribution in [0.15, 0.2) is 0 Å². The predicted molar refractivity (Wildman–Crippen MR) is 87.9 cm³/mol. The Hall–Kier alpha value is -0.570. The van der Waals surface area contributed by atoms with Gasteiger partial charge in [-0.1, -0.05) is 48.0 Å². The molecule has 0 N–H and O–H groups in total. The smallest absolute Gasteiger partial charge is 0.311 e. The molecule has 20 heavy (non-hydrogen) atoms. The lowest BCUT2D eigenvalue weighted by Crippen LogP contribution is -2.34. The first-order valence-electron chi connectivity index (χ1n) is 7.84. The lowest BCUT2D eigenvalue weighted by atomic mass is 9.73. The Labute approximate surface area is 127 Å². The van der Waals surface area contributed by atoms with Crippen LogP contribution in [0.3, 0.4) is 0 Å². The third-order valence-electron chi connectivity index (χ3n) is 2.97. The lowest BCUT2D eigenvalue weighted by Gasteiger charge is -2.32. The number of nitrogens with zero attached hydrogens (tertiary/aromatic N) is 1. The van der Waals surface area contributed by atoms with E-state index in [9.17, 15) is 4.79 Å². The highest BCUT2D eigenvalue weighted by atomic mass is 16.5. The molecule has 0 radical (unpaired) electrons.